The molecule has 0 aromatic rings. The Hall–Kier alpha value is -0.430. The van der Waals surface area contributed by atoms with E-state index in [1.165, 1.54) is 0 Å². The van der Waals surface area contributed by atoms with E-state index in [2.05, 4.69) is 15.4 Å². The molecule has 16 heavy (non-hydrogen) atoms. The molecule has 0 aromatic heterocycles. The van der Waals surface area contributed by atoms with Crippen molar-refractivity contribution in [2.75, 3.05) is 13.2 Å². The molecule has 1 aliphatic heterocycles. The summed E-state index contributed by atoms with van der Waals surface area (Å²) in [4.78, 5) is 22.1. The molecule has 0 bridgehead atoms. The van der Waals surface area contributed by atoms with Crippen LogP contribution < -0.4 is 10.6 Å². The van der Waals surface area contributed by atoms with Crippen molar-refractivity contribution in [1.82, 2.24) is 10.6 Å². The Morgan fingerprint density at radius 2 is 2.19 bits per heavy atom. The lowest BCUT2D eigenvalue weighted by Crippen LogP contribution is -2.70. The number of aliphatic hydroxyl groups is 1. The summed E-state index contributed by atoms with van der Waals surface area (Å²) in [6, 6.07) is -1.32. The molecule has 0 aromatic carbocycles. The maximum absolute atomic E-state index is 11.1. The van der Waals surface area contributed by atoms with Crippen molar-refractivity contribution in [2.24, 2.45) is 0 Å². The van der Waals surface area contributed by atoms with Crippen LogP contribution in [-0.2, 0) is 9.53 Å². The number of halogens is 3. The van der Waals surface area contributed by atoms with Gasteiger partial charge in [-0.1, -0.05) is 34.8 Å². The van der Waals surface area contributed by atoms with Crippen molar-refractivity contribution < 1.29 is 19.4 Å². The minimum absolute atomic E-state index is 0.277. The maximum Gasteiger partial charge on any atom is 0.408 e. The molecule has 0 saturated carbocycles. The normalized spacial score (nSPS) is 24.4. The number of β-lactam (4-membered cyclic amide) rings is 1. The fourth-order valence-electron chi connectivity index (χ4n) is 1.08. The molecular formula is C7H9Cl3N2O4. The van der Waals surface area contributed by atoms with Crippen LogP contribution in [0.3, 0.4) is 0 Å². The van der Waals surface area contributed by atoms with Gasteiger partial charge in [0.1, 0.15) is 12.6 Å². The first-order valence-electron chi connectivity index (χ1n) is 4.25. The number of nitrogens with one attached hydrogen (secondary N) is 2. The third-order valence-electron chi connectivity index (χ3n) is 1.85. The lowest BCUT2D eigenvalue weighted by Gasteiger charge is -2.35. The smallest absolute Gasteiger partial charge is 0.408 e. The van der Waals surface area contributed by atoms with E-state index in [9.17, 15) is 9.59 Å². The third kappa shape index (κ3) is 3.86. The quantitative estimate of drug-likeness (QED) is 0.502. The Morgan fingerprint density at radius 1 is 1.56 bits per heavy atom. The predicted octanol–water partition coefficient (Wildman–Crippen LogP) is -0.0579. The van der Waals surface area contributed by atoms with Crippen LogP contribution in [0.5, 0.6) is 0 Å². The van der Waals surface area contributed by atoms with Crippen molar-refractivity contribution in [2.45, 2.75) is 15.9 Å². The van der Waals surface area contributed by atoms with Crippen LogP contribution in [0, 0.1) is 0 Å². The standard InChI is InChI=1S/C7H9Cl3N2O4/c8-7(9,10)2-16-6(15)12-4-3(1-13)11-5(4)14/h3-4,13H,1-2H2,(H,11,14)(H,12,15). The highest BCUT2D eigenvalue weighted by Gasteiger charge is 2.40. The zero-order valence-electron chi connectivity index (χ0n) is 7.87. The van der Waals surface area contributed by atoms with Crippen molar-refractivity contribution >= 4 is 46.8 Å². The largest absolute Gasteiger partial charge is 0.445 e. The average Bonchev–Trinajstić information content (AvgIpc) is 2.18. The van der Waals surface area contributed by atoms with Crippen LogP contribution in [0.2, 0.25) is 0 Å². The van der Waals surface area contributed by atoms with Crippen molar-refractivity contribution in [3.63, 3.8) is 0 Å². The van der Waals surface area contributed by atoms with Gasteiger partial charge in [0.25, 0.3) is 0 Å². The van der Waals surface area contributed by atoms with Gasteiger partial charge < -0.3 is 20.5 Å². The average molecular weight is 292 g/mol. The molecule has 2 amide bonds. The zero-order valence-corrected chi connectivity index (χ0v) is 10.1. The van der Waals surface area contributed by atoms with Gasteiger partial charge in [0, 0.05) is 0 Å². The summed E-state index contributed by atoms with van der Waals surface area (Å²) in [6.07, 6.45) is -0.885. The number of rotatable bonds is 3. The highest BCUT2D eigenvalue weighted by Crippen LogP contribution is 2.25. The van der Waals surface area contributed by atoms with Gasteiger partial charge >= 0.3 is 6.09 Å². The minimum Gasteiger partial charge on any atom is -0.445 e. The number of aliphatic hydroxyl groups excluding tert-OH is 1. The first-order chi connectivity index (χ1) is 7.33. The Bertz CT molecular complexity index is 294. The van der Waals surface area contributed by atoms with Gasteiger partial charge in [0.15, 0.2) is 0 Å². The van der Waals surface area contributed by atoms with Gasteiger partial charge in [0.2, 0.25) is 9.70 Å². The number of carbonyl (C=O) groups excluding carboxylic acids is 2. The third-order valence-corrected chi connectivity index (χ3v) is 2.18. The molecule has 1 fully saturated rings. The Balaban J connectivity index is 2.31. The second kappa shape index (κ2) is 5.27. The van der Waals surface area contributed by atoms with E-state index in [1.807, 2.05) is 0 Å². The van der Waals surface area contributed by atoms with Gasteiger partial charge in [-0.05, 0) is 0 Å². The number of alkyl halides is 3. The second-order valence-electron chi connectivity index (χ2n) is 3.11. The molecule has 0 spiro atoms. The molecule has 92 valence electrons. The van der Waals surface area contributed by atoms with E-state index >= 15 is 0 Å². The van der Waals surface area contributed by atoms with E-state index in [1.54, 1.807) is 0 Å². The molecular weight excluding hydrogens is 282 g/mol. The van der Waals surface area contributed by atoms with Crippen molar-refractivity contribution in [3.8, 4) is 0 Å². The number of amides is 2. The van der Waals surface area contributed by atoms with Gasteiger partial charge in [-0.3, -0.25) is 4.79 Å². The molecule has 1 aliphatic rings. The van der Waals surface area contributed by atoms with Gasteiger partial charge in [-0.25, -0.2) is 4.79 Å². The lowest BCUT2D eigenvalue weighted by molar-refractivity contribution is -0.132. The molecule has 2 unspecified atom stereocenters. The highest BCUT2D eigenvalue weighted by atomic mass is 35.6. The minimum atomic E-state index is -1.70. The molecule has 9 heteroatoms. The number of hydrogen-bond donors (Lipinski definition) is 3. The maximum atomic E-state index is 11.1. The molecule has 3 N–H and O–H groups in total. The van der Waals surface area contributed by atoms with Crippen molar-refractivity contribution in [1.29, 1.82) is 0 Å². The summed E-state index contributed by atoms with van der Waals surface area (Å²) >= 11 is 16.1. The SMILES string of the molecule is O=C(NC1C(=O)NC1CO)OCC(Cl)(Cl)Cl. The van der Waals surface area contributed by atoms with Gasteiger partial charge in [0.05, 0.1) is 12.6 Å². The predicted molar refractivity (Wildman–Crippen MR) is 57.6 cm³/mol. The first kappa shape index (κ1) is 13.6. The fraction of sp³-hybridized carbons (Fsp3) is 0.714. The van der Waals surface area contributed by atoms with Gasteiger partial charge in [-0.15, -0.1) is 0 Å². The summed E-state index contributed by atoms with van der Waals surface area (Å²) < 4.78 is 2.85. The molecule has 1 rings (SSSR count). The van der Waals surface area contributed by atoms with Crippen LogP contribution in [0.4, 0.5) is 4.79 Å². The number of ether oxygens (including phenoxy) is 1. The highest BCUT2D eigenvalue weighted by molar-refractivity contribution is 6.67. The molecule has 6 nitrogen and oxygen atoms in total. The van der Waals surface area contributed by atoms with Crippen LogP contribution in [0.25, 0.3) is 0 Å². The van der Waals surface area contributed by atoms with Crippen LogP contribution in [0.1, 0.15) is 0 Å². The number of hydrogen-bond acceptors (Lipinski definition) is 4. The summed E-state index contributed by atoms with van der Waals surface area (Å²) in [6.45, 7) is -0.706. The van der Waals surface area contributed by atoms with Crippen LogP contribution >= 0.6 is 34.8 Å². The Morgan fingerprint density at radius 3 is 2.62 bits per heavy atom. The Labute approximate surface area is 106 Å². The summed E-state index contributed by atoms with van der Waals surface area (Å²) in [5, 5.41) is 13.4. The summed E-state index contributed by atoms with van der Waals surface area (Å²) in [7, 11) is 0. The fourth-order valence-corrected chi connectivity index (χ4v) is 1.24. The molecule has 0 radical (unpaired) electrons. The van der Waals surface area contributed by atoms with Crippen LogP contribution in [-0.4, -0.2) is 46.2 Å². The number of carbonyl (C=O) groups is 2. The van der Waals surface area contributed by atoms with E-state index in [0.717, 1.165) is 0 Å². The molecule has 1 heterocycles. The summed E-state index contributed by atoms with van der Waals surface area (Å²) in [5.41, 5.74) is 0. The monoisotopic (exact) mass is 290 g/mol. The van der Waals surface area contributed by atoms with E-state index in [-0.39, 0.29) is 6.61 Å². The van der Waals surface area contributed by atoms with E-state index in [0.29, 0.717) is 0 Å². The topological polar surface area (TPSA) is 87.7 Å². The first-order valence-corrected chi connectivity index (χ1v) is 5.38. The molecule has 0 aliphatic carbocycles. The van der Waals surface area contributed by atoms with Crippen LogP contribution in [0.15, 0.2) is 0 Å². The van der Waals surface area contributed by atoms with E-state index in [4.69, 9.17) is 39.9 Å². The van der Waals surface area contributed by atoms with Gasteiger partial charge in [-0.2, -0.15) is 0 Å². The Kier molecular flexibility index (Phi) is 4.49. The summed E-state index contributed by atoms with van der Waals surface area (Å²) in [5.74, 6) is -0.398. The molecule has 2 atom stereocenters. The second-order valence-corrected chi connectivity index (χ2v) is 5.63. The van der Waals surface area contributed by atoms with Crippen molar-refractivity contribution in [3.05, 3.63) is 0 Å². The van der Waals surface area contributed by atoms with E-state index < -0.39 is 34.5 Å². The lowest BCUT2D eigenvalue weighted by atomic mass is 10.0. The number of alkyl carbamates (subject to hydrolysis) is 1. The molecule has 1 saturated heterocycles. The zero-order chi connectivity index (χ0) is 12.3.